The van der Waals surface area contributed by atoms with Gasteiger partial charge in [-0.1, -0.05) is 58.6 Å². The average Bonchev–Trinajstić information content (AvgIpc) is 2.73. The van der Waals surface area contributed by atoms with E-state index in [9.17, 15) is 14.4 Å². The lowest BCUT2D eigenvalue weighted by molar-refractivity contribution is -0.128. The van der Waals surface area contributed by atoms with Gasteiger partial charge < -0.3 is 10.6 Å². The van der Waals surface area contributed by atoms with Gasteiger partial charge >= 0.3 is 0 Å². The van der Waals surface area contributed by atoms with E-state index in [1.54, 1.807) is 0 Å². The number of benzene rings is 1. The van der Waals surface area contributed by atoms with Crippen molar-refractivity contribution in [2.45, 2.75) is 96.4 Å². The summed E-state index contributed by atoms with van der Waals surface area (Å²) in [7, 11) is 0. The van der Waals surface area contributed by atoms with Crippen LogP contribution in [0, 0.1) is 11.3 Å². The summed E-state index contributed by atoms with van der Waals surface area (Å²) in [5.74, 6) is 0.440. The van der Waals surface area contributed by atoms with Crippen LogP contribution in [0.4, 0.5) is 5.69 Å². The number of para-hydroxylation sites is 1. The van der Waals surface area contributed by atoms with Crippen LogP contribution in [0.5, 0.6) is 0 Å². The predicted molar refractivity (Wildman–Crippen MR) is 128 cm³/mol. The number of carbonyl (C=O) groups is 3. The predicted octanol–water partition coefficient (Wildman–Crippen LogP) is 5.94. The second-order valence-corrected chi connectivity index (χ2v) is 10.2. The van der Waals surface area contributed by atoms with Gasteiger partial charge in [-0.15, -0.1) is 0 Å². The Morgan fingerprint density at radius 2 is 1.74 bits per heavy atom. The van der Waals surface area contributed by atoms with Gasteiger partial charge in [0, 0.05) is 17.2 Å². The van der Waals surface area contributed by atoms with Crippen molar-refractivity contribution in [2.24, 2.45) is 11.3 Å². The summed E-state index contributed by atoms with van der Waals surface area (Å²) in [6.45, 7) is 7.82. The van der Waals surface area contributed by atoms with Crippen LogP contribution in [0.25, 0.3) is 0 Å². The highest BCUT2D eigenvalue weighted by molar-refractivity contribution is 8.14. The molecule has 1 saturated carbocycles. The SMILES string of the molecule is CCC[C@H](NC(C)=O)C(=O)Sc1ccccc1NC(=O)C1(CCC(C)C)CCCCC1. The third-order valence-electron chi connectivity index (χ3n) is 6.08. The zero-order valence-corrected chi connectivity index (χ0v) is 20.3. The lowest BCUT2D eigenvalue weighted by Crippen LogP contribution is -2.39. The quantitative estimate of drug-likeness (QED) is 0.436. The van der Waals surface area contributed by atoms with E-state index >= 15 is 0 Å². The number of carbonyl (C=O) groups excluding carboxylic acids is 3. The molecule has 1 aliphatic rings. The van der Waals surface area contributed by atoms with Gasteiger partial charge in [0.15, 0.2) is 0 Å². The fourth-order valence-electron chi connectivity index (χ4n) is 4.26. The fourth-order valence-corrected chi connectivity index (χ4v) is 5.17. The zero-order valence-electron chi connectivity index (χ0n) is 19.5. The maximum Gasteiger partial charge on any atom is 0.230 e. The van der Waals surface area contributed by atoms with Gasteiger partial charge in [-0.2, -0.15) is 0 Å². The highest BCUT2D eigenvalue weighted by Gasteiger charge is 2.39. The largest absolute Gasteiger partial charge is 0.346 e. The first-order chi connectivity index (χ1) is 14.8. The molecule has 1 atom stereocenters. The molecule has 6 heteroatoms. The molecule has 31 heavy (non-hydrogen) atoms. The number of hydrogen-bond donors (Lipinski definition) is 2. The third kappa shape index (κ3) is 7.67. The number of anilines is 1. The van der Waals surface area contributed by atoms with Gasteiger partial charge in [0.1, 0.15) is 0 Å². The first-order valence-electron chi connectivity index (χ1n) is 11.7. The van der Waals surface area contributed by atoms with E-state index in [1.165, 1.54) is 13.3 Å². The van der Waals surface area contributed by atoms with Crippen LogP contribution in [-0.4, -0.2) is 23.0 Å². The zero-order chi connectivity index (χ0) is 22.9. The van der Waals surface area contributed by atoms with Crippen molar-refractivity contribution in [3.05, 3.63) is 24.3 Å². The van der Waals surface area contributed by atoms with E-state index in [1.807, 2.05) is 31.2 Å². The summed E-state index contributed by atoms with van der Waals surface area (Å²) < 4.78 is 0. The van der Waals surface area contributed by atoms with Crippen molar-refractivity contribution in [1.29, 1.82) is 0 Å². The van der Waals surface area contributed by atoms with E-state index in [0.29, 0.717) is 18.0 Å². The molecule has 0 heterocycles. The Labute approximate surface area is 191 Å². The molecular formula is C25H38N2O3S. The van der Waals surface area contributed by atoms with Crippen molar-refractivity contribution in [1.82, 2.24) is 5.32 Å². The molecule has 5 nitrogen and oxygen atoms in total. The maximum atomic E-state index is 13.5. The number of nitrogens with one attached hydrogen (secondary N) is 2. The molecule has 2 rings (SSSR count). The van der Waals surface area contributed by atoms with Crippen molar-refractivity contribution in [3.8, 4) is 0 Å². The van der Waals surface area contributed by atoms with Crippen molar-refractivity contribution in [2.75, 3.05) is 5.32 Å². The van der Waals surface area contributed by atoms with Crippen molar-refractivity contribution < 1.29 is 14.4 Å². The number of rotatable bonds is 10. The number of amides is 2. The van der Waals surface area contributed by atoms with Crippen LogP contribution in [0.3, 0.4) is 0 Å². The number of hydrogen-bond acceptors (Lipinski definition) is 4. The molecule has 1 aromatic rings. The summed E-state index contributed by atoms with van der Waals surface area (Å²) in [6, 6.07) is 6.94. The Morgan fingerprint density at radius 3 is 2.35 bits per heavy atom. The minimum atomic E-state index is -0.521. The Kier molecular flexibility index (Phi) is 10.1. The molecule has 2 amide bonds. The molecule has 2 N–H and O–H groups in total. The van der Waals surface area contributed by atoms with Crippen molar-refractivity contribution in [3.63, 3.8) is 0 Å². The van der Waals surface area contributed by atoms with Gasteiger partial charge in [-0.05, 0) is 61.9 Å². The highest BCUT2D eigenvalue weighted by atomic mass is 32.2. The summed E-state index contributed by atoms with van der Waals surface area (Å²) in [5.41, 5.74) is 0.365. The Morgan fingerprint density at radius 1 is 1.06 bits per heavy atom. The topological polar surface area (TPSA) is 75.3 Å². The molecule has 0 aliphatic heterocycles. The Balaban J connectivity index is 2.17. The van der Waals surface area contributed by atoms with E-state index in [2.05, 4.69) is 24.5 Å². The van der Waals surface area contributed by atoms with Gasteiger partial charge in [0.2, 0.25) is 16.9 Å². The molecule has 0 radical (unpaired) electrons. The monoisotopic (exact) mass is 446 g/mol. The maximum absolute atomic E-state index is 13.5. The second-order valence-electron chi connectivity index (χ2n) is 9.19. The summed E-state index contributed by atoms with van der Waals surface area (Å²) in [4.78, 5) is 38.5. The molecule has 0 bridgehead atoms. The summed E-state index contributed by atoms with van der Waals surface area (Å²) in [6.07, 6.45) is 8.59. The van der Waals surface area contributed by atoms with Gasteiger partial charge in [0.05, 0.1) is 11.7 Å². The molecule has 0 aromatic heterocycles. The van der Waals surface area contributed by atoms with Crippen LogP contribution in [0.1, 0.15) is 85.5 Å². The third-order valence-corrected chi connectivity index (χ3v) is 7.14. The molecule has 1 aliphatic carbocycles. The van der Waals surface area contributed by atoms with E-state index in [0.717, 1.165) is 61.6 Å². The van der Waals surface area contributed by atoms with E-state index in [-0.39, 0.29) is 22.3 Å². The minimum Gasteiger partial charge on any atom is -0.346 e. The molecule has 0 spiro atoms. The minimum absolute atomic E-state index is 0.0836. The van der Waals surface area contributed by atoms with E-state index < -0.39 is 6.04 Å². The first kappa shape index (κ1) is 25.4. The molecule has 0 unspecified atom stereocenters. The molecule has 0 saturated heterocycles. The van der Waals surface area contributed by atoms with E-state index in [4.69, 9.17) is 0 Å². The highest BCUT2D eigenvalue weighted by Crippen LogP contribution is 2.42. The smallest absolute Gasteiger partial charge is 0.230 e. The van der Waals surface area contributed by atoms with Crippen LogP contribution in [-0.2, 0) is 14.4 Å². The fraction of sp³-hybridized carbons (Fsp3) is 0.640. The summed E-state index contributed by atoms with van der Waals surface area (Å²) in [5, 5.41) is 5.81. The van der Waals surface area contributed by atoms with Gasteiger partial charge in [-0.25, -0.2) is 0 Å². The van der Waals surface area contributed by atoms with Crippen molar-refractivity contribution >= 4 is 34.4 Å². The van der Waals surface area contributed by atoms with Gasteiger partial charge in [0.25, 0.3) is 0 Å². The average molecular weight is 447 g/mol. The Bertz CT molecular complexity index is 757. The lowest BCUT2D eigenvalue weighted by atomic mass is 9.69. The normalized spacial score (nSPS) is 16.5. The molecular weight excluding hydrogens is 408 g/mol. The standard InChI is InChI=1S/C25H38N2O3S/c1-5-11-21(26-19(4)28)23(29)31-22-13-8-7-12-20(22)27-24(30)25(17-14-18(2)3)15-9-6-10-16-25/h7-8,12-13,18,21H,5-6,9-11,14-17H2,1-4H3,(H,26,28)(H,27,30)/t21-/m0/s1. The van der Waals surface area contributed by atoms with Crippen LogP contribution in [0.2, 0.25) is 0 Å². The first-order valence-corrected chi connectivity index (χ1v) is 12.5. The number of thioether (sulfide) groups is 1. The molecule has 1 fully saturated rings. The van der Waals surface area contributed by atoms with Crippen LogP contribution < -0.4 is 10.6 Å². The second kappa shape index (κ2) is 12.3. The molecule has 172 valence electrons. The Hall–Kier alpha value is -1.82. The van der Waals surface area contributed by atoms with Crippen LogP contribution >= 0.6 is 11.8 Å². The van der Waals surface area contributed by atoms with Crippen LogP contribution in [0.15, 0.2) is 29.2 Å². The summed E-state index contributed by atoms with van der Waals surface area (Å²) >= 11 is 1.10. The van der Waals surface area contributed by atoms with Gasteiger partial charge in [-0.3, -0.25) is 14.4 Å². The lowest BCUT2D eigenvalue weighted by Gasteiger charge is -2.36. The molecule has 1 aromatic carbocycles.